The van der Waals surface area contributed by atoms with E-state index in [1.165, 1.54) is 14.2 Å². The van der Waals surface area contributed by atoms with Crippen molar-refractivity contribution in [2.45, 2.75) is 108 Å². The van der Waals surface area contributed by atoms with Gasteiger partial charge in [0.25, 0.3) is 5.60 Å². The Kier molecular flexibility index (Phi) is 7.47. The van der Waals surface area contributed by atoms with E-state index in [-0.39, 0.29) is 5.04 Å². The first-order chi connectivity index (χ1) is 19.2. The molecule has 7 atom stereocenters. The summed E-state index contributed by atoms with van der Waals surface area (Å²) in [6, 6.07) is 9.80. The van der Waals surface area contributed by atoms with Crippen molar-refractivity contribution >= 4 is 26.0 Å². The van der Waals surface area contributed by atoms with Crippen LogP contribution in [0.4, 0.5) is 0 Å². The third kappa shape index (κ3) is 4.38. The van der Waals surface area contributed by atoms with Crippen LogP contribution in [0.5, 0.6) is 0 Å². The summed E-state index contributed by atoms with van der Waals surface area (Å²) in [5, 5.41) is 4.19. The lowest BCUT2D eigenvalue weighted by atomic mass is 9.48. The highest BCUT2D eigenvalue weighted by Gasteiger charge is 2.86. The molecule has 1 aromatic carbocycles. The van der Waals surface area contributed by atoms with Gasteiger partial charge < -0.3 is 32.9 Å². The molecule has 3 fully saturated rings. The maximum absolute atomic E-state index is 14.3. The van der Waals surface area contributed by atoms with Gasteiger partial charge in [-0.2, -0.15) is 0 Å². The van der Waals surface area contributed by atoms with Crippen LogP contribution in [-0.4, -0.2) is 76.0 Å². The molecule has 1 aromatic rings. The number of rotatable bonds is 7. The Morgan fingerprint density at radius 3 is 2.27 bits per heavy atom. The predicted octanol–water partition coefficient (Wildman–Crippen LogP) is 4.36. The van der Waals surface area contributed by atoms with Crippen molar-refractivity contribution in [3.8, 4) is 0 Å². The molecule has 2 aliphatic carbocycles. The number of methoxy groups -OCH3 is 2. The number of carbonyl (C=O) groups excluding carboxylic acids is 2. The molecule has 0 bridgehead atoms. The number of hydrogen-bond donors (Lipinski definition) is 0. The Balaban J connectivity index is 1.72. The van der Waals surface area contributed by atoms with Crippen molar-refractivity contribution in [1.29, 1.82) is 0 Å². The summed E-state index contributed by atoms with van der Waals surface area (Å²) in [6.07, 6.45) is -2.17. The van der Waals surface area contributed by atoms with Crippen LogP contribution in [0.25, 0.3) is 0 Å². The number of esters is 2. The molecule has 0 radical (unpaired) electrons. The highest BCUT2D eigenvalue weighted by molar-refractivity contribution is 6.74. The normalized spacial score (nSPS) is 35.5. The van der Waals surface area contributed by atoms with Gasteiger partial charge in [-0.05, 0) is 50.4 Å². The van der Waals surface area contributed by atoms with Gasteiger partial charge in [0.2, 0.25) is 0 Å². The molecular formula is C30H43NO9Si. The first-order valence-corrected chi connectivity index (χ1v) is 17.2. The van der Waals surface area contributed by atoms with Crippen molar-refractivity contribution in [3.05, 3.63) is 35.9 Å². The molecule has 11 heteroatoms. The van der Waals surface area contributed by atoms with Crippen LogP contribution in [0.2, 0.25) is 18.1 Å². The molecule has 10 nitrogen and oxygen atoms in total. The molecule has 2 saturated carbocycles. The summed E-state index contributed by atoms with van der Waals surface area (Å²) < 4.78 is 37.7. The molecule has 0 N–H and O–H groups in total. The Labute approximate surface area is 243 Å². The molecule has 226 valence electrons. The molecule has 4 aliphatic rings. The molecule has 0 aromatic heterocycles. The summed E-state index contributed by atoms with van der Waals surface area (Å²) in [6.45, 7) is 14.4. The fourth-order valence-corrected chi connectivity index (χ4v) is 8.13. The number of oxime groups is 1. The standard InChI is InChI=1S/C30H43NO9Si/c1-27(2,3)41(8,9)39-24-23-22(37-28(4,5)38-23)21-19(36-17-18-13-11-10-12-14-18)15-16-20-29(21,25(32)34-6)30(24,40-31-20)26(33)35-7/h10-14,19,21-24H,15-17H2,1-9H3/t19-,21-,22?,23?,24?,29-,30-/m0/s1. The topological polar surface area (TPSA) is 111 Å². The monoisotopic (exact) mass is 589 g/mol. The number of nitrogens with zero attached hydrogens (tertiary/aromatic N) is 1. The summed E-state index contributed by atoms with van der Waals surface area (Å²) in [5.74, 6) is -3.20. The highest BCUT2D eigenvalue weighted by atomic mass is 28.4. The van der Waals surface area contributed by atoms with Gasteiger partial charge >= 0.3 is 11.9 Å². The molecule has 1 saturated heterocycles. The van der Waals surface area contributed by atoms with Crippen LogP contribution in [0, 0.1) is 11.3 Å². The Hall–Kier alpha value is -2.31. The van der Waals surface area contributed by atoms with Crippen LogP contribution >= 0.6 is 0 Å². The van der Waals surface area contributed by atoms with Crippen LogP contribution in [0.1, 0.15) is 53.0 Å². The second-order valence-corrected chi connectivity index (χ2v) is 18.2. The second kappa shape index (κ2) is 10.2. The summed E-state index contributed by atoms with van der Waals surface area (Å²) in [5.41, 5.74) is -2.33. The zero-order chi connectivity index (χ0) is 30.0. The van der Waals surface area contributed by atoms with E-state index in [9.17, 15) is 9.59 Å². The van der Waals surface area contributed by atoms with Crippen molar-refractivity contribution in [2.24, 2.45) is 16.5 Å². The minimum atomic E-state index is -2.61. The number of ether oxygens (including phenoxy) is 5. The predicted molar refractivity (Wildman–Crippen MR) is 151 cm³/mol. The number of fused-ring (bicyclic) bond motifs is 2. The van der Waals surface area contributed by atoms with Crippen LogP contribution < -0.4 is 0 Å². The first-order valence-electron chi connectivity index (χ1n) is 14.3. The maximum atomic E-state index is 14.3. The highest BCUT2D eigenvalue weighted by Crippen LogP contribution is 2.64. The zero-order valence-electron chi connectivity index (χ0n) is 25.5. The molecule has 2 aliphatic heterocycles. The second-order valence-electron chi connectivity index (χ2n) is 13.4. The fraction of sp³-hybridized carbons (Fsp3) is 0.700. The fourth-order valence-electron chi connectivity index (χ4n) is 6.84. The lowest BCUT2D eigenvalue weighted by Crippen LogP contribution is -2.80. The SMILES string of the molecule is COC(=O)[C@@]12C3=NO[C@]1(C(=O)OC)C(O[Si](C)(C)C(C)(C)C)C1OC(C)(C)OC1[C@@H]2[C@@H](OCc1ccccc1)CC3. The maximum Gasteiger partial charge on any atom is 0.357 e. The van der Waals surface area contributed by atoms with Gasteiger partial charge in [-0.3, -0.25) is 4.79 Å². The van der Waals surface area contributed by atoms with E-state index in [0.717, 1.165) is 5.56 Å². The van der Waals surface area contributed by atoms with Crippen molar-refractivity contribution in [1.82, 2.24) is 0 Å². The minimum Gasteiger partial charge on any atom is -0.468 e. The van der Waals surface area contributed by atoms with Crippen LogP contribution in [0.15, 0.2) is 35.5 Å². The molecule has 0 spiro atoms. The largest absolute Gasteiger partial charge is 0.468 e. The van der Waals surface area contributed by atoms with Gasteiger partial charge in [0.1, 0.15) is 12.2 Å². The quantitative estimate of drug-likeness (QED) is 0.338. The van der Waals surface area contributed by atoms with Gasteiger partial charge in [-0.15, -0.1) is 0 Å². The minimum absolute atomic E-state index is 0.236. The Morgan fingerprint density at radius 1 is 1.02 bits per heavy atom. The molecule has 2 heterocycles. The van der Waals surface area contributed by atoms with E-state index in [2.05, 4.69) is 39.0 Å². The van der Waals surface area contributed by atoms with E-state index in [4.69, 9.17) is 32.9 Å². The van der Waals surface area contributed by atoms with Crippen LogP contribution in [0.3, 0.4) is 0 Å². The molecule has 5 rings (SSSR count). The van der Waals surface area contributed by atoms with E-state index in [1.807, 2.05) is 44.2 Å². The van der Waals surface area contributed by atoms with Crippen molar-refractivity contribution in [2.75, 3.05) is 14.2 Å². The lowest BCUT2D eigenvalue weighted by molar-refractivity contribution is -0.256. The van der Waals surface area contributed by atoms with Crippen LogP contribution in [-0.2, 0) is 49.1 Å². The molecular weight excluding hydrogens is 546 g/mol. The smallest absolute Gasteiger partial charge is 0.357 e. The first kappa shape index (κ1) is 30.2. The third-order valence-electron chi connectivity index (χ3n) is 9.65. The van der Waals surface area contributed by atoms with Gasteiger partial charge in [0.15, 0.2) is 19.5 Å². The molecule has 0 amide bonds. The van der Waals surface area contributed by atoms with E-state index in [1.54, 1.807) is 0 Å². The van der Waals surface area contributed by atoms with Crippen molar-refractivity contribution in [3.63, 3.8) is 0 Å². The number of benzene rings is 1. The van der Waals surface area contributed by atoms with Crippen molar-refractivity contribution < 1.29 is 42.5 Å². The zero-order valence-corrected chi connectivity index (χ0v) is 26.5. The average Bonchev–Trinajstić information content (AvgIpc) is 3.44. The molecule has 41 heavy (non-hydrogen) atoms. The Bertz CT molecular complexity index is 1210. The Morgan fingerprint density at radius 2 is 1.66 bits per heavy atom. The number of carbonyl (C=O) groups is 2. The average molecular weight is 590 g/mol. The van der Waals surface area contributed by atoms with Gasteiger partial charge in [-0.1, -0.05) is 56.3 Å². The van der Waals surface area contributed by atoms with Gasteiger partial charge in [-0.25, -0.2) is 4.79 Å². The van der Waals surface area contributed by atoms with Gasteiger partial charge in [0.05, 0.1) is 38.7 Å². The van der Waals surface area contributed by atoms with Gasteiger partial charge in [0, 0.05) is 5.92 Å². The number of hydrogen-bond acceptors (Lipinski definition) is 10. The third-order valence-corrected chi connectivity index (χ3v) is 14.1. The van der Waals surface area contributed by atoms with E-state index in [0.29, 0.717) is 25.2 Å². The summed E-state index contributed by atoms with van der Waals surface area (Å²) >= 11 is 0. The van der Waals surface area contributed by atoms with E-state index < -0.39 is 67.4 Å². The molecule has 3 unspecified atom stereocenters. The lowest BCUT2D eigenvalue weighted by Gasteiger charge is -2.58. The summed E-state index contributed by atoms with van der Waals surface area (Å²) in [4.78, 5) is 34.7. The summed E-state index contributed by atoms with van der Waals surface area (Å²) in [7, 11) is -0.0334. The van der Waals surface area contributed by atoms with E-state index >= 15 is 0 Å².